The average Bonchev–Trinajstić information content (AvgIpc) is 2.61. The summed E-state index contributed by atoms with van der Waals surface area (Å²) in [5.74, 6) is -0.0733. The maximum absolute atomic E-state index is 12.4. The summed E-state index contributed by atoms with van der Waals surface area (Å²) in [5.41, 5.74) is 4.90. The third-order valence-corrected chi connectivity index (χ3v) is 5.33. The number of carbonyl (C=O) groups is 1. The van der Waals surface area contributed by atoms with Crippen molar-refractivity contribution in [3.05, 3.63) is 65.7 Å². The van der Waals surface area contributed by atoms with Crippen molar-refractivity contribution in [3.63, 3.8) is 0 Å². The minimum atomic E-state index is -3.63. The second-order valence-electron chi connectivity index (χ2n) is 6.63. The average molecular weight is 388 g/mol. The number of hydrogen-bond donors (Lipinski definition) is 1. The molecule has 0 unspecified atom stereocenters. The van der Waals surface area contributed by atoms with Gasteiger partial charge in [0, 0.05) is 0 Å². The van der Waals surface area contributed by atoms with Crippen molar-refractivity contribution in [2.75, 3.05) is 10.6 Å². The van der Waals surface area contributed by atoms with Gasteiger partial charge in [0.15, 0.2) is 0 Å². The van der Waals surface area contributed by atoms with Crippen molar-refractivity contribution in [2.45, 2.75) is 32.7 Å². The standard InChI is InChI=1S/C20H25N3O3S/c1-15(2)18-12-10-17(11-13-18)14-21-22-20(24)16(3)23(27(4,25)26)19-8-6-5-7-9-19/h5-16H,1-4H3,(H,22,24)/b21-14-/t16-/m0/s1. The SMILES string of the molecule is CC(C)c1ccc(/C=N\NC(=O)[C@H](C)N(c2ccccc2)S(C)(=O)=O)cc1. The Morgan fingerprint density at radius 2 is 1.63 bits per heavy atom. The highest BCUT2D eigenvalue weighted by Gasteiger charge is 2.28. The minimum absolute atomic E-state index is 0.427. The largest absolute Gasteiger partial charge is 0.271 e. The maximum atomic E-state index is 12.4. The Morgan fingerprint density at radius 1 is 1.04 bits per heavy atom. The van der Waals surface area contributed by atoms with E-state index in [2.05, 4.69) is 24.4 Å². The first-order chi connectivity index (χ1) is 12.7. The van der Waals surface area contributed by atoms with Crippen LogP contribution in [0.3, 0.4) is 0 Å². The number of sulfonamides is 1. The summed E-state index contributed by atoms with van der Waals surface area (Å²) in [6, 6.07) is 15.4. The second kappa shape index (κ2) is 8.81. The van der Waals surface area contributed by atoms with Crippen molar-refractivity contribution in [1.82, 2.24) is 5.43 Å². The zero-order chi connectivity index (χ0) is 20.0. The van der Waals surface area contributed by atoms with Gasteiger partial charge in [-0.05, 0) is 36.1 Å². The lowest BCUT2D eigenvalue weighted by Gasteiger charge is -2.27. The van der Waals surface area contributed by atoms with Gasteiger partial charge in [-0.15, -0.1) is 0 Å². The van der Waals surface area contributed by atoms with Crippen LogP contribution in [-0.2, 0) is 14.8 Å². The Morgan fingerprint density at radius 3 is 2.15 bits per heavy atom. The summed E-state index contributed by atoms with van der Waals surface area (Å²) in [5, 5.41) is 3.95. The van der Waals surface area contributed by atoms with E-state index >= 15 is 0 Å². The number of nitrogens with zero attached hydrogens (tertiary/aromatic N) is 2. The van der Waals surface area contributed by atoms with Crippen molar-refractivity contribution < 1.29 is 13.2 Å². The fourth-order valence-corrected chi connectivity index (χ4v) is 3.79. The first-order valence-electron chi connectivity index (χ1n) is 8.67. The van der Waals surface area contributed by atoms with E-state index in [-0.39, 0.29) is 0 Å². The van der Waals surface area contributed by atoms with Crippen LogP contribution < -0.4 is 9.73 Å². The van der Waals surface area contributed by atoms with Gasteiger partial charge in [0.25, 0.3) is 5.91 Å². The highest BCUT2D eigenvalue weighted by Crippen LogP contribution is 2.20. The van der Waals surface area contributed by atoms with Gasteiger partial charge in [0.05, 0.1) is 18.2 Å². The van der Waals surface area contributed by atoms with Gasteiger partial charge in [0.2, 0.25) is 10.0 Å². The fraction of sp³-hybridized carbons (Fsp3) is 0.300. The van der Waals surface area contributed by atoms with Crippen LogP contribution in [0, 0.1) is 0 Å². The van der Waals surface area contributed by atoms with Gasteiger partial charge in [0.1, 0.15) is 6.04 Å². The van der Waals surface area contributed by atoms with E-state index in [1.54, 1.807) is 30.3 Å². The number of rotatable bonds is 7. The molecule has 0 saturated heterocycles. The molecule has 0 aromatic heterocycles. The number of benzene rings is 2. The molecule has 0 saturated carbocycles. The quantitative estimate of drug-likeness (QED) is 0.586. The summed E-state index contributed by atoms with van der Waals surface area (Å²) in [4.78, 5) is 12.4. The van der Waals surface area contributed by atoms with Crippen LogP contribution in [0.2, 0.25) is 0 Å². The van der Waals surface area contributed by atoms with E-state index in [9.17, 15) is 13.2 Å². The molecule has 0 radical (unpaired) electrons. The smallest absolute Gasteiger partial charge is 0.263 e. The predicted molar refractivity (Wildman–Crippen MR) is 109 cm³/mol. The normalized spacial score (nSPS) is 12.9. The number of anilines is 1. The topological polar surface area (TPSA) is 78.8 Å². The molecule has 1 N–H and O–H groups in total. The Balaban J connectivity index is 2.09. The monoisotopic (exact) mass is 387 g/mol. The third kappa shape index (κ3) is 5.65. The Labute approximate surface area is 161 Å². The summed E-state index contributed by atoms with van der Waals surface area (Å²) in [7, 11) is -3.63. The van der Waals surface area contributed by atoms with Crippen LogP contribution in [0.15, 0.2) is 59.7 Å². The predicted octanol–water partition coefficient (Wildman–Crippen LogP) is 3.11. The molecule has 1 amide bonds. The lowest BCUT2D eigenvalue weighted by molar-refractivity contribution is -0.121. The number of amides is 1. The van der Waals surface area contributed by atoms with Gasteiger partial charge in [-0.2, -0.15) is 5.10 Å². The van der Waals surface area contributed by atoms with Crippen molar-refractivity contribution >= 4 is 27.8 Å². The van der Waals surface area contributed by atoms with Crippen LogP contribution in [-0.4, -0.2) is 32.8 Å². The summed E-state index contributed by atoms with van der Waals surface area (Å²) in [6.45, 7) is 5.76. The van der Waals surface area contributed by atoms with Gasteiger partial charge in [-0.3, -0.25) is 9.10 Å². The molecule has 0 heterocycles. The number of para-hydroxylation sites is 1. The molecule has 2 aromatic carbocycles. The molecule has 0 aliphatic carbocycles. The van der Waals surface area contributed by atoms with Crippen molar-refractivity contribution in [2.24, 2.45) is 5.10 Å². The summed E-state index contributed by atoms with van der Waals surface area (Å²) in [6.07, 6.45) is 2.60. The summed E-state index contributed by atoms with van der Waals surface area (Å²) < 4.78 is 25.4. The van der Waals surface area contributed by atoms with Crippen molar-refractivity contribution in [1.29, 1.82) is 0 Å². The van der Waals surface area contributed by atoms with E-state index < -0.39 is 22.0 Å². The maximum Gasteiger partial charge on any atom is 0.263 e. The van der Waals surface area contributed by atoms with Crippen molar-refractivity contribution in [3.8, 4) is 0 Å². The highest BCUT2D eigenvalue weighted by atomic mass is 32.2. The minimum Gasteiger partial charge on any atom is -0.271 e. The zero-order valence-electron chi connectivity index (χ0n) is 16.0. The Hall–Kier alpha value is -2.67. The fourth-order valence-electron chi connectivity index (χ4n) is 2.61. The van der Waals surface area contributed by atoms with E-state index in [0.717, 1.165) is 16.1 Å². The molecule has 0 aliphatic rings. The molecule has 27 heavy (non-hydrogen) atoms. The van der Waals surface area contributed by atoms with Gasteiger partial charge in [-0.25, -0.2) is 13.8 Å². The molecule has 1 atom stereocenters. The Bertz CT molecular complexity index is 892. The van der Waals surface area contributed by atoms with E-state index in [1.807, 2.05) is 24.3 Å². The molecule has 7 heteroatoms. The van der Waals surface area contributed by atoms with E-state index in [0.29, 0.717) is 11.6 Å². The highest BCUT2D eigenvalue weighted by molar-refractivity contribution is 7.92. The van der Waals surface area contributed by atoms with Crippen LogP contribution in [0.25, 0.3) is 0 Å². The Kier molecular flexibility index (Phi) is 6.74. The molecule has 2 rings (SSSR count). The van der Waals surface area contributed by atoms with E-state index in [4.69, 9.17) is 0 Å². The molecule has 2 aromatic rings. The first kappa shape index (κ1) is 20.6. The molecular weight excluding hydrogens is 362 g/mol. The number of nitrogens with one attached hydrogen (secondary N) is 1. The lowest BCUT2D eigenvalue weighted by atomic mass is 10.0. The van der Waals surface area contributed by atoms with Crippen LogP contribution in [0.5, 0.6) is 0 Å². The molecule has 144 valence electrons. The third-order valence-electron chi connectivity index (χ3n) is 4.09. The molecular formula is C20H25N3O3S. The van der Waals surface area contributed by atoms with Crippen LogP contribution >= 0.6 is 0 Å². The molecule has 6 nitrogen and oxygen atoms in total. The van der Waals surface area contributed by atoms with E-state index in [1.165, 1.54) is 18.7 Å². The second-order valence-corrected chi connectivity index (χ2v) is 8.49. The lowest BCUT2D eigenvalue weighted by Crippen LogP contribution is -2.46. The summed E-state index contributed by atoms with van der Waals surface area (Å²) >= 11 is 0. The molecule has 0 bridgehead atoms. The zero-order valence-corrected chi connectivity index (χ0v) is 16.8. The van der Waals surface area contributed by atoms with Crippen LogP contribution in [0.1, 0.15) is 37.8 Å². The molecule has 0 aliphatic heterocycles. The number of hydrogen-bond acceptors (Lipinski definition) is 4. The van der Waals surface area contributed by atoms with Gasteiger partial charge in [-0.1, -0.05) is 56.3 Å². The number of hydrazone groups is 1. The van der Waals surface area contributed by atoms with Crippen LogP contribution in [0.4, 0.5) is 5.69 Å². The first-order valence-corrected chi connectivity index (χ1v) is 10.5. The van der Waals surface area contributed by atoms with Gasteiger partial charge >= 0.3 is 0 Å². The molecule has 0 fully saturated rings. The van der Waals surface area contributed by atoms with Gasteiger partial charge < -0.3 is 0 Å². The number of carbonyl (C=O) groups excluding carboxylic acids is 1. The molecule has 0 spiro atoms.